The summed E-state index contributed by atoms with van der Waals surface area (Å²) in [6.45, 7) is 7.73. The fourth-order valence-corrected chi connectivity index (χ4v) is 3.06. The van der Waals surface area contributed by atoms with Gasteiger partial charge in [-0.3, -0.25) is 4.79 Å². The van der Waals surface area contributed by atoms with Gasteiger partial charge in [-0.05, 0) is 49.9 Å². The van der Waals surface area contributed by atoms with Crippen LogP contribution in [-0.4, -0.2) is 18.0 Å². The number of hydrogen-bond donors (Lipinski definition) is 1. The van der Waals surface area contributed by atoms with E-state index in [2.05, 4.69) is 19.2 Å². The van der Waals surface area contributed by atoms with Gasteiger partial charge >= 0.3 is 5.97 Å². The summed E-state index contributed by atoms with van der Waals surface area (Å²) in [5.74, 6) is -0.452. The van der Waals surface area contributed by atoms with Crippen LogP contribution in [0.4, 0.5) is 5.69 Å². The first-order chi connectivity index (χ1) is 11.4. The monoisotopic (exact) mass is 345 g/mol. The zero-order chi connectivity index (χ0) is 17.7. The maximum Gasteiger partial charge on any atom is 0.349 e. The molecule has 5 heteroatoms. The highest BCUT2D eigenvalue weighted by molar-refractivity contribution is 7.13. The number of hydrogen-bond acceptors (Lipinski definition) is 4. The van der Waals surface area contributed by atoms with E-state index >= 15 is 0 Å². The third-order valence-electron chi connectivity index (χ3n) is 3.96. The molecule has 0 saturated heterocycles. The van der Waals surface area contributed by atoms with E-state index in [9.17, 15) is 9.59 Å². The molecule has 1 N–H and O–H groups in total. The molecule has 0 radical (unpaired) electrons. The Morgan fingerprint density at radius 3 is 2.50 bits per heavy atom. The van der Waals surface area contributed by atoms with Crippen molar-refractivity contribution < 1.29 is 14.3 Å². The zero-order valence-corrected chi connectivity index (χ0v) is 15.3. The third-order valence-corrected chi connectivity index (χ3v) is 4.94. The van der Waals surface area contributed by atoms with Crippen molar-refractivity contribution in [2.75, 3.05) is 5.32 Å². The van der Waals surface area contributed by atoms with Gasteiger partial charge in [-0.15, -0.1) is 11.3 Å². The molecule has 2 aromatic rings. The van der Waals surface area contributed by atoms with Crippen LogP contribution in [0.15, 0.2) is 36.4 Å². The Morgan fingerprint density at radius 1 is 1.17 bits per heavy atom. The summed E-state index contributed by atoms with van der Waals surface area (Å²) in [4.78, 5) is 26.0. The molecule has 0 aliphatic rings. The molecule has 2 atom stereocenters. The van der Waals surface area contributed by atoms with Gasteiger partial charge in [0.15, 0.2) is 6.10 Å². The van der Waals surface area contributed by atoms with Crippen molar-refractivity contribution in [2.45, 2.75) is 46.1 Å². The Hall–Kier alpha value is -2.14. The number of carbonyl (C=O) groups is 2. The lowest BCUT2D eigenvalue weighted by Gasteiger charge is -2.18. The average molecular weight is 345 g/mol. The van der Waals surface area contributed by atoms with Gasteiger partial charge in [-0.1, -0.05) is 32.0 Å². The van der Waals surface area contributed by atoms with Crippen LogP contribution in [-0.2, 0) is 9.53 Å². The van der Waals surface area contributed by atoms with Crippen LogP contribution in [0, 0.1) is 6.92 Å². The van der Waals surface area contributed by atoms with E-state index in [0.717, 1.165) is 22.5 Å². The maximum absolute atomic E-state index is 12.4. The number of ether oxygens (including phenoxy) is 1. The van der Waals surface area contributed by atoms with Crippen molar-refractivity contribution in [3.8, 4) is 0 Å². The smallest absolute Gasteiger partial charge is 0.349 e. The lowest BCUT2D eigenvalue weighted by molar-refractivity contribution is -0.123. The topological polar surface area (TPSA) is 55.4 Å². The molecule has 0 spiro atoms. The van der Waals surface area contributed by atoms with Gasteiger partial charge in [0.25, 0.3) is 5.91 Å². The lowest BCUT2D eigenvalue weighted by Crippen LogP contribution is -2.30. The molecule has 24 heavy (non-hydrogen) atoms. The van der Waals surface area contributed by atoms with Gasteiger partial charge < -0.3 is 10.1 Å². The highest BCUT2D eigenvalue weighted by Crippen LogP contribution is 2.26. The maximum atomic E-state index is 12.4. The highest BCUT2D eigenvalue weighted by atomic mass is 32.1. The minimum atomic E-state index is -0.857. The average Bonchev–Trinajstić information content (AvgIpc) is 3.01. The number of thiophene rings is 1. The molecular formula is C19H23NO3S. The molecular weight excluding hydrogens is 322 g/mol. The number of aryl methyl sites for hydroxylation is 1. The first kappa shape index (κ1) is 18.2. The number of amides is 1. The van der Waals surface area contributed by atoms with E-state index < -0.39 is 12.1 Å². The highest BCUT2D eigenvalue weighted by Gasteiger charge is 2.21. The van der Waals surface area contributed by atoms with E-state index in [0.29, 0.717) is 10.8 Å². The molecule has 0 fully saturated rings. The summed E-state index contributed by atoms with van der Waals surface area (Å²) in [7, 11) is 0. The van der Waals surface area contributed by atoms with Crippen LogP contribution >= 0.6 is 11.3 Å². The SMILES string of the molecule is CC[C@H](C)c1ccccc1NC(=O)[C@@H](C)OC(=O)c1ccc(C)s1. The normalized spacial score (nSPS) is 13.2. The van der Waals surface area contributed by atoms with E-state index in [1.807, 2.05) is 37.3 Å². The van der Waals surface area contributed by atoms with Crippen molar-refractivity contribution >= 4 is 28.9 Å². The number of carbonyl (C=O) groups excluding carboxylic acids is 2. The first-order valence-electron chi connectivity index (χ1n) is 8.09. The Bertz CT molecular complexity index is 723. The fourth-order valence-electron chi connectivity index (χ4n) is 2.31. The van der Waals surface area contributed by atoms with Gasteiger partial charge in [-0.2, -0.15) is 0 Å². The van der Waals surface area contributed by atoms with E-state index in [4.69, 9.17) is 4.74 Å². The van der Waals surface area contributed by atoms with Crippen LogP contribution in [0.1, 0.15) is 53.2 Å². The molecule has 2 rings (SSSR count). The number of anilines is 1. The predicted molar refractivity (Wildman–Crippen MR) is 97.7 cm³/mol. The zero-order valence-electron chi connectivity index (χ0n) is 14.5. The predicted octanol–water partition coefficient (Wildman–Crippen LogP) is 4.75. The van der Waals surface area contributed by atoms with Crippen molar-refractivity contribution in [1.82, 2.24) is 0 Å². The number of nitrogens with one attached hydrogen (secondary N) is 1. The standard InChI is InChI=1S/C19H23NO3S/c1-5-12(2)15-8-6-7-9-16(15)20-18(21)14(4)23-19(22)17-11-10-13(3)24-17/h6-12,14H,5H2,1-4H3,(H,20,21)/t12-,14+/m0/s1. The second-order valence-electron chi connectivity index (χ2n) is 5.84. The van der Waals surface area contributed by atoms with E-state index in [1.165, 1.54) is 11.3 Å². The van der Waals surface area contributed by atoms with Crippen molar-refractivity contribution in [1.29, 1.82) is 0 Å². The van der Waals surface area contributed by atoms with Crippen LogP contribution in [0.3, 0.4) is 0 Å². The summed E-state index contributed by atoms with van der Waals surface area (Å²) in [5, 5.41) is 2.87. The number of rotatable bonds is 6. The first-order valence-corrected chi connectivity index (χ1v) is 8.91. The molecule has 0 aliphatic carbocycles. The quantitative estimate of drug-likeness (QED) is 0.768. The van der Waals surface area contributed by atoms with Gasteiger partial charge in [0.2, 0.25) is 0 Å². The summed E-state index contributed by atoms with van der Waals surface area (Å²) in [5.41, 5.74) is 1.85. The molecule has 0 bridgehead atoms. The number of benzene rings is 1. The van der Waals surface area contributed by atoms with Crippen LogP contribution in [0.2, 0.25) is 0 Å². The Morgan fingerprint density at radius 2 is 1.88 bits per heavy atom. The molecule has 0 saturated carbocycles. The summed E-state index contributed by atoms with van der Waals surface area (Å²) in [6, 6.07) is 11.3. The van der Waals surface area contributed by atoms with Crippen molar-refractivity contribution in [2.24, 2.45) is 0 Å². The van der Waals surface area contributed by atoms with Gasteiger partial charge in [0.1, 0.15) is 4.88 Å². The molecule has 1 aromatic heterocycles. The fraction of sp³-hybridized carbons (Fsp3) is 0.368. The second-order valence-corrected chi connectivity index (χ2v) is 7.13. The molecule has 4 nitrogen and oxygen atoms in total. The van der Waals surface area contributed by atoms with Crippen molar-refractivity contribution in [3.05, 3.63) is 51.7 Å². The van der Waals surface area contributed by atoms with Crippen molar-refractivity contribution in [3.63, 3.8) is 0 Å². The second kappa shape index (κ2) is 8.11. The minimum Gasteiger partial charge on any atom is -0.448 e. The Kier molecular flexibility index (Phi) is 6.15. The Labute approximate surface area is 146 Å². The van der Waals surface area contributed by atoms with Gasteiger partial charge in [0, 0.05) is 10.6 Å². The molecule has 0 unspecified atom stereocenters. The van der Waals surface area contributed by atoms with Crippen LogP contribution in [0.5, 0.6) is 0 Å². The minimum absolute atomic E-state index is 0.326. The largest absolute Gasteiger partial charge is 0.448 e. The summed E-state index contributed by atoms with van der Waals surface area (Å²) >= 11 is 1.36. The summed E-state index contributed by atoms with van der Waals surface area (Å²) < 4.78 is 5.27. The molecule has 128 valence electrons. The van der Waals surface area contributed by atoms with Crippen LogP contribution < -0.4 is 5.32 Å². The third kappa shape index (κ3) is 4.45. The molecule has 0 aliphatic heterocycles. The van der Waals surface area contributed by atoms with E-state index in [1.54, 1.807) is 13.0 Å². The molecule has 1 heterocycles. The van der Waals surface area contributed by atoms with Crippen LogP contribution in [0.25, 0.3) is 0 Å². The molecule has 1 amide bonds. The summed E-state index contributed by atoms with van der Waals surface area (Å²) in [6.07, 6.45) is 0.125. The van der Waals surface area contributed by atoms with Gasteiger partial charge in [0.05, 0.1) is 0 Å². The lowest BCUT2D eigenvalue weighted by atomic mass is 9.97. The number of esters is 1. The van der Waals surface area contributed by atoms with Gasteiger partial charge in [-0.25, -0.2) is 4.79 Å². The van der Waals surface area contributed by atoms with E-state index in [-0.39, 0.29) is 5.91 Å². The Balaban J connectivity index is 2.03. The number of para-hydroxylation sites is 1. The molecule has 1 aromatic carbocycles.